The van der Waals surface area contributed by atoms with Gasteiger partial charge in [-0.2, -0.15) is 26.3 Å². The van der Waals surface area contributed by atoms with Crippen LogP contribution in [-0.4, -0.2) is 57.6 Å². The van der Waals surface area contributed by atoms with Gasteiger partial charge < -0.3 is 9.47 Å². The fourth-order valence-electron chi connectivity index (χ4n) is 1.69. The fraction of sp³-hybridized carbons (Fsp3) is 0.818. The highest BCUT2D eigenvalue weighted by atomic mass is 32.3. The van der Waals surface area contributed by atoms with Gasteiger partial charge >= 0.3 is 23.0 Å². The monoisotopic (exact) mass is 452 g/mol. The van der Waals surface area contributed by atoms with Crippen molar-refractivity contribution in [1.29, 1.82) is 0 Å². The number of hydrogen-bond donors (Lipinski definition) is 0. The molecule has 0 saturated carbocycles. The molecular weight excluding hydrogens is 438 g/mol. The Hall–Kier alpha value is -1.58. The van der Waals surface area contributed by atoms with Crippen LogP contribution in [0.15, 0.2) is 0 Å². The molecule has 0 spiro atoms. The van der Waals surface area contributed by atoms with E-state index in [1.807, 2.05) is 0 Å². The summed E-state index contributed by atoms with van der Waals surface area (Å²) in [4.78, 5) is 23.3. The van der Waals surface area contributed by atoms with E-state index in [0.29, 0.717) is 0 Å². The van der Waals surface area contributed by atoms with Crippen LogP contribution in [0.5, 0.6) is 0 Å². The number of rotatable bonds is 8. The van der Waals surface area contributed by atoms with Gasteiger partial charge in [0.25, 0.3) is 19.7 Å². The van der Waals surface area contributed by atoms with Gasteiger partial charge in [0.15, 0.2) is 10.5 Å². The van der Waals surface area contributed by atoms with E-state index in [4.69, 9.17) is 0 Å². The van der Waals surface area contributed by atoms with Crippen LogP contribution in [0.3, 0.4) is 0 Å². The van der Waals surface area contributed by atoms with Gasteiger partial charge in [-0.1, -0.05) is 0 Å². The van der Waals surface area contributed by atoms with Crippen LogP contribution in [0.25, 0.3) is 0 Å². The summed E-state index contributed by atoms with van der Waals surface area (Å²) in [7, 11) is -14.0. The Balaban J connectivity index is 6.45. The average molecular weight is 452 g/mol. The van der Waals surface area contributed by atoms with Crippen molar-refractivity contribution in [1.82, 2.24) is 0 Å². The molecule has 27 heavy (non-hydrogen) atoms. The minimum Gasteiger partial charge on any atom is -0.465 e. The Kier molecular flexibility index (Phi) is 8.12. The molecule has 0 aromatic carbocycles. The Morgan fingerprint density at radius 3 is 1.30 bits per heavy atom. The van der Waals surface area contributed by atoms with Crippen LogP contribution in [0, 0.1) is 5.92 Å². The molecule has 0 radical (unpaired) electrons. The number of alkyl halides is 6. The molecule has 0 N–H and O–H groups in total. The van der Waals surface area contributed by atoms with Gasteiger partial charge in [-0.3, -0.25) is 9.59 Å². The summed E-state index contributed by atoms with van der Waals surface area (Å²) in [6.07, 6.45) is -2.19. The Labute approximate surface area is 149 Å². The zero-order chi connectivity index (χ0) is 21.8. The van der Waals surface area contributed by atoms with Gasteiger partial charge in [-0.15, -0.1) is 0 Å². The van der Waals surface area contributed by atoms with Crippen LogP contribution in [0.4, 0.5) is 26.3 Å². The number of ether oxygens (including phenoxy) is 2. The molecule has 16 heteroatoms. The van der Waals surface area contributed by atoms with E-state index in [0.717, 1.165) is 13.8 Å². The number of hydrogen-bond acceptors (Lipinski definition) is 8. The summed E-state index contributed by atoms with van der Waals surface area (Å²) in [5.41, 5.74) is -12.8. The number of carbonyl (C=O) groups is 2. The summed E-state index contributed by atoms with van der Waals surface area (Å²) >= 11 is 0. The second kappa shape index (κ2) is 8.62. The molecule has 0 aliphatic carbocycles. The Morgan fingerprint density at radius 2 is 1.07 bits per heavy atom. The predicted molar refractivity (Wildman–Crippen MR) is 75.1 cm³/mol. The van der Waals surface area contributed by atoms with Crippen LogP contribution < -0.4 is 0 Å². The lowest BCUT2D eigenvalue weighted by Gasteiger charge is -2.23. The van der Waals surface area contributed by atoms with Gasteiger partial charge in [0.05, 0.1) is 13.2 Å². The SMILES string of the molecule is CCOC(=O)C(CC(S(=O)(=O)C(F)(F)F)S(=O)(=O)C(F)(F)F)C(=O)OCC. The van der Waals surface area contributed by atoms with Crippen molar-refractivity contribution in [3.05, 3.63) is 0 Å². The molecule has 0 unspecified atom stereocenters. The van der Waals surface area contributed by atoms with Gasteiger partial charge in [0.2, 0.25) is 0 Å². The Bertz CT molecular complexity index is 691. The van der Waals surface area contributed by atoms with Crippen molar-refractivity contribution < 1.29 is 62.2 Å². The first-order chi connectivity index (χ1) is 11.9. The fourth-order valence-corrected chi connectivity index (χ4v) is 5.16. The maximum absolute atomic E-state index is 12.7. The van der Waals surface area contributed by atoms with Gasteiger partial charge in [-0.25, -0.2) is 16.8 Å². The van der Waals surface area contributed by atoms with E-state index in [1.165, 1.54) is 0 Å². The van der Waals surface area contributed by atoms with Crippen molar-refractivity contribution in [2.24, 2.45) is 5.92 Å². The van der Waals surface area contributed by atoms with E-state index in [1.54, 1.807) is 0 Å². The van der Waals surface area contributed by atoms with Crippen molar-refractivity contribution in [3.8, 4) is 0 Å². The third kappa shape index (κ3) is 5.70. The molecule has 0 fully saturated rings. The smallest absolute Gasteiger partial charge is 0.465 e. The molecule has 0 aliphatic rings. The highest BCUT2D eigenvalue weighted by Crippen LogP contribution is 2.39. The van der Waals surface area contributed by atoms with Crippen molar-refractivity contribution in [2.75, 3.05) is 13.2 Å². The third-order valence-corrected chi connectivity index (χ3v) is 7.49. The number of carbonyl (C=O) groups excluding carboxylic acids is 2. The van der Waals surface area contributed by atoms with Crippen molar-refractivity contribution in [3.63, 3.8) is 0 Å². The highest BCUT2D eigenvalue weighted by molar-refractivity contribution is 8.09. The summed E-state index contributed by atoms with van der Waals surface area (Å²) in [5.74, 6) is -6.13. The predicted octanol–water partition coefficient (Wildman–Crippen LogP) is 1.31. The van der Waals surface area contributed by atoms with Gasteiger partial charge in [0.1, 0.15) is 0 Å². The summed E-state index contributed by atoms with van der Waals surface area (Å²) in [6, 6.07) is 0. The van der Waals surface area contributed by atoms with Gasteiger partial charge in [0, 0.05) is 6.42 Å². The van der Waals surface area contributed by atoms with E-state index in [9.17, 15) is 52.8 Å². The second-order valence-corrected chi connectivity index (χ2v) is 9.25. The molecule has 0 saturated heterocycles. The topological polar surface area (TPSA) is 121 Å². The first-order valence-electron chi connectivity index (χ1n) is 6.88. The first kappa shape index (κ1) is 25.4. The lowest BCUT2D eigenvalue weighted by molar-refractivity contribution is -0.161. The molecule has 0 aliphatic heterocycles. The molecule has 0 heterocycles. The van der Waals surface area contributed by atoms with E-state index in [2.05, 4.69) is 9.47 Å². The third-order valence-electron chi connectivity index (χ3n) is 2.91. The van der Waals surface area contributed by atoms with Crippen LogP contribution in [0.1, 0.15) is 20.3 Å². The van der Waals surface area contributed by atoms with Crippen molar-refractivity contribution >= 4 is 31.6 Å². The first-order valence-corrected chi connectivity index (χ1v) is 9.97. The molecule has 0 atom stereocenters. The second-order valence-electron chi connectivity index (χ2n) is 4.70. The van der Waals surface area contributed by atoms with E-state index < -0.39 is 72.8 Å². The summed E-state index contributed by atoms with van der Waals surface area (Å²) in [5, 5.41) is 0. The van der Waals surface area contributed by atoms with E-state index in [-0.39, 0.29) is 0 Å². The van der Waals surface area contributed by atoms with Crippen LogP contribution >= 0.6 is 0 Å². The molecular formula is C11H14F6O8S2. The van der Waals surface area contributed by atoms with Crippen LogP contribution in [0.2, 0.25) is 0 Å². The zero-order valence-electron chi connectivity index (χ0n) is 13.6. The minimum atomic E-state index is -6.99. The molecule has 0 amide bonds. The number of esters is 2. The summed E-state index contributed by atoms with van der Waals surface area (Å²) < 4.78 is 126. The van der Waals surface area contributed by atoms with Gasteiger partial charge in [-0.05, 0) is 13.8 Å². The molecule has 0 bridgehead atoms. The number of halogens is 6. The minimum absolute atomic E-state index is 0.489. The van der Waals surface area contributed by atoms with Crippen LogP contribution in [-0.2, 0) is 38.7 Å². The van der Waals surface area contributed by atoms with Crippen molar-refractivity contribution in [2.45, 2.75) is 35.9 Å². The highest BCUT2D eigenvalue weighted by Gasteiger charge is 2.63. The Morgan fingerprint density at radius 1 is 0.778 bits per heavy atom. The standard InChI is InChI=1S/C11H14F6O8S2/c1-3-24-8(18)6(9(19)25-4-2)5-7(26(20,21)10(12,13)14)27(22,23)11(15,16)17/h6-7H,3-5H2,1-2H3. The normalized spacial score (nSPS) is 13.7. The largest absolute Gasteiger partial charge is 0.498 e. The molecule has 0 aromatic rings. The lowest BCUT2D eigenvalue weighted by atomic mass is 10.1. The summed E-state index contributed by atoms with van der Waals surface area (Å²) in [6.45, 7) is 1.35. The number of sulfone groups is 2. The molecule has 0 aromatic heterocycles. The quantitative estimate of drug-likeness (QED) is 0.307. The lowest BCUT2D eigenvalue weighted by Crippen LogP contribution is -2.47. The molecule has 160 valence electrons. The maximum Gasteiger partial charge on any atom is 0.498 e. The van der Waals surface area contributed by atoms with E-state index >= 15 is 0 Å². The average Bonchev–Trinajstić information content (AvgIpc) is 2.45. The zero-order valence-corrected chi connectivity index (χ0v) is 15.3. The molecule has 0 rings (SSSR count). The maximum atomic E-state index is 12.7. The molecule has 8 nitrogen and oxygen atoms in total.